The van der Waals surface area contributed by atoms with Crippen LogP contribution in [0.5, 0.6) is 5.75 Å². The summed E-state index contributed by atoms with van der Waals surface area (Å²) in [6, 6.07) is 6.18. The van der Waals surface area contributed by atoms with Crippen molar-refractivity contribution in [1.29, 1.82) is 0 Å². The summed E-state index contributed by atoms with van der Waals surface area (Å²) in [6.45, 7) is 2.08. The third-order valence-corrected chi connectivity index (χ3v) is 3.02. The van der Waals surface area contributed by atoms with Gasteiger partial charge in [0.05, 0.1) is 12.6 Å². The Morgan fingerprint density at radius 1 is 1.27 bits per heavy atom. The highest BCUT2D eigenvalue weighted by Gasteiger charge is 2.30. The Morgan fingerprint density at radius 2 is 1.93 bits per heavy atom. The van der Waals surface area contributed by atoms with Crippen molar-refractivity contribution in [3.05, 3.63) is 41.5 Å². The van der Waals surface area contributed by atoms with Gasteiger partial charge < -0.3 is 10.5 Å². The van der Waals surface area contributed by atoms with Gasteiger partial charge >= 0.3 is 0 Å². The first kappa shape index (κ1) is 10.2. The molecule has 2 N–H and O–H groups in total. The van der Waals surface area contributed by atoms with E-state index < -0.39 is 0 Å². The molecule has 1 aliphatic rings. The number of hydrogen-bond acceptors (Lipinski definition) is 2. The molecular weight excluding hydrogens is 186 g/mol. The van der Waals surface area contributed by atoms with E-state index in [2.05, 4.69) is 25.1 Å². The second-order valence-corrected chi connectivity index (χ2v) is 4.24. The van der Waals surface area contributed by atoms with Crippen LogP contribution in [0.25, 0.3) is 0 Å². The third kappa shape index (κ3) is 1.77. The van der Waals surface area contributed by atoms with Crippen molar-refractivity contribution >= 4 is 0 Å². The smallest absolute Gasteiger partial charge is 0.123 e. The summed E-state index contributed by atoms with van der Waals surface area (Å²) in [5, 5.41) is 0. The van der Waals surface area contributed by atoms with Gasteiger partial charge in [-0.2, -0.15) is 0 Å². The van der Waals surface area contributed by atoms with Crippen molar-refractivity contribution in [3.8, 4) is 5.75 Å². The molecule has 0 aliphatic heterocycles. The van der Waals surface area contributed by atoms with Crippen LogP contribution in [0.2, 0.25) is 0 Å². The molecule has 0 saturated heterocycles. The molecule has 0 amide bonds. The van der Waals surface area contributed by atoms with Crippen LogP contribution in [0.15, 0.2) is 30.4 Å². The Balaban J connectivity index is 2.45. The van der Waals surface area contributed by atoms with Crippen LogP contribution in [0, 0.1) is 6.92 Å². The standard InChI is InChI=1S/C13H17NO/c1-10-5-6-12(15-2)11(9-10)13(14)7-3-4-8-13/h3-6,9H,7-8,14H2,1-2H3. The number of ether oxygens (including phenoxy) is 1. The minimum absolute atomic E-state index is 0.267. The van der Waals surface area contributed by atoms with E-state index in [1.807, 2.05) is 12.1 Å². The zero-order valence-electron chi connectivity index (χ0n) is 9.29. The summed E-state index contributed by atoms with van der Waals surface area (Å²) in [5.74, 6) is 0.895. The Bertz CT molecular complexity index is 388. The zero-order chi connectivity index (χ0) is 10.9. The third-order valence-electron chi connectivity index (χ3n) is 3.02. The number of benzene rings is 1. The highest BCUT2D eigenvalue weighted by molar-refractivity contribution is 5.43. The van der Waals surface area contributed by atoms with Gasteiger partial charge in [-0.05, 0) is 25.8 Å². The van der Waals surface area contributed by atoms with Crippen LogP contribution in [-0.2, 0) is 5.54 Å². The van der Waals surface area contributed by atoms with E-state index in [0.717, 1.165) is 24.2 Å². The second kappa shape index (κ2) is 3.70. The zero-order valence-corrected chi connectivity index (χ0v) is 9.29. The Morgan fingerprint density at radius 3 is 2.53 bits per heavy atom. The summed E-state index contributed by atoms with van der Waals surface area (Å²) < 4.78 is 5.37. The first-order chi connectivity index (χ1) is 7.15. The fraction of sp³-hybridized carbons (Fsp3) is 0.385. The van der Waals surface area contributed by atoms with Gasteiger partial charge in [0, 0.05) is 5.56 Å². The van der Waals surface area contributed by atoms with Crippen molar-refractivity contribution in [3.63, 3.8) is 0 Å². The first-order valence-electron chi connectivity index (χ1n) is 5.25. The lowest BCUT2D eigenvalue weighted by molar-refractivity contribution is 0.383. The molecule has 0 atom stereocenters. The summed E-state index contributed by atoms with van der Waals surface area (Å²) in [7, 11) is 1.69. The highest BCUT2D eigenvalue weighted by Crippen LogP contribution is 2.37. The number of hydrogen-bond donors (Lipinski definition) is 1. The van der Waals surface area contributed by atoms with E-state index in [9.17, 15) is 0 Å². The van der Waals surface area contributed by atoms with Gasteiger partial charge in [0.15, 0.2) is 0 Å². The molecule has 15 heavy (non-hydrogen) atoms. The maximum Gasteiger partial charge on any atom is 0.123 e. The van der Waals surface area contributed by atoms with Crippen LogP contribution in [-0.4, -0.2) is 7.11 Å². The lowest BCUT2D eigenvalue weighted by Crippen LogP contribution is -2.34. The molecular formula is C13H17NO. The number of nitrogens with two attached hydrogens (primary N) is 1. The van der Waals surface area contributed by atoms with Gasteiger partial charge in [-0.3, -0.25) is 0 Å². The summed E-state index contributed by atoms with van der Waals surface area (Å²) in [6.07, 6.45) is 6.07. The normalized spacial score (nSPS) is 18.1. The lowest BCUT2D eigenvalue weighted by atomic mass is 9.87. The topological polar surface area (TPSA) is 35.2 Å². The number of methoxy groups -OCH3 is 1. The molecule has 0 heterocycles. The van der Waals surface area contributed by atoms with E-state index in [1.54, 1.807) is 7.11 Å². The molecule has 0 aromatic heterocycles. The summed E-state index contributed by atoms with van der Waals surface area (Å²) in [5.41, 5.74) is 8.46. The molecule has 0 bridgehead atoms. The number of rotatable bonds is 2. The summed E-state index contributed by atoms with van der Waals surface area (Å²) in [4.78, 5) is 0. The molecule has 1 aliphatic carbocycles. The molecule has 0 radical (unpaired) electrons. The predicted octanol–water partition coefficient (Wildman–Crippen LogP) is 2.51. The van der Waals surface area contributed by atoms with E-state index in [4.69, 9.17) is 10.5 Å². The van der Waals surface area contributed by atoms with Crippen LogP contribution < -0.4 is 10.5 Å². The quantitative estimate of drug-likeness (QED) is 0.749. The fourth-order valence-corrected chi connectivity index (χ4v) is 2.10. The first-order valence-corrected chi connectivity index (χ1v) is 5.25. The van der Waals surface area contributed by atoms with Crippen LogP contribution in [0.4, 0.5) is 0 Å². The molecule has 2 nitrogen and oxygen atoms in total. The lowest BCUT2D eigenvalue weighted by Gasteiger charge is -2.26. The Kier molecular flexibility index (Phi) is 2.53. The molecule has 1 aromatic rings. The molecule has 1 aromatic carbocycles. The van der Waals surface area contributed by atoms with Crippen molar-refractivity contribution in [1.82, 2.24) is 0 Å². The minimum Gasteiger partial charge on any atom is -0.496 e. The minimum atomic E-state index is -0.267. The molecule has 80 valence electrons. The molecule has 2 rings (SSSR count). The van der Waals surface area contributed by atoms with E-state index in [1.165, 1.54) is 5.56 Å². The Hall–Kier alpha value is -1.28. The van der Waals surface area contributed by atoms with E-state index >= 15 is 0 Å². The molecule has 0 fully saturated rings. The largest absolute Gasteiger partial charge is 0.496 e. The van der Waals surface area contributed by atoms with Gasteiger partial charge in [0.2, 0.25) is 0 Å². The second-order valence-electron chi connectivity index (χ2n) is 4.24. The highest BCUT2D eigenvalue weighted by atomic mass is 16.5. The molecule has 2 heteroatoms. The van der Waals surface area contributed by atoms with Gasteiger partial charge in [0.1, 0.15) is 5.75 Å². The van der Waals surface area contributed by atoms with Crippen molar-refractivity contribution in [2.24, 2.45) is 5.73 Å². The van der Waals surface area contributed by atoms with Crippen molar-refractivity contribution < 1.29 is 4.74 Å². The predicted molar refractivity (Wildman–Crippen MR) is 62.0 cm³/mol. The average Bonchev–Trinajstić information content (AvgIpc) is 2.66. The van der Waals surface area contributed by atoms with Crippen molar-refractivity contribution in [2.45, 2.75) is 25.3 Å². The monoisotopic (exact) mass is 203 g/mol. The SMILES string of the molecule is COc1ccc(C)cc1C1(N)CC=CC1. The van der Waals surface area contributed by atoms with Crippen LogP contribution in [0.1, 0.15) is 24.0 Å². The Labute approximate surface area is 90.7 Å². The summed E-state index contributed by atoms with van der Waals surface area (Å²) >= 11 is 0. The number of aryl methyl sites for hydroxylation is 1. The van der Waals surface area contributed by atoms with Crippen LogP contribution in [0.3, 0.4) is 0 Å². The maximum atomic E-state index is 6.38. The van der Waals surface area contributed by atoms with Gasteiger partial charge in [-0.1, -0.05) is 29.8 Å². The van der Waals surface area contributed by atoms with E-state index in [0.29, 0.717) is 0 Å². The fourth-order valence-electron chi connectivity index (χ4n) is 2.10. The maximum absolute atomic E-state index is 6.38. The average molecular weight is 203 g/mol. The van der Waals surface area contributed by atoms with Crippen molar-refractivity contribution in [2.75, 3.05) is 7.11 Å². The van der Waals surface area contributed by atoms with Gasteiger partial charge in [0.25, 0.3) is 0 Å². The molecule has 0 saturated carbocycles. The van der Waals surface area contributed by atoms with E-state index in [-0.39, 0.29) is 5.54 Å². The molecule has 0 spiro atoms. The van der Waals surface area contributed by atoms with Gasteiger partial charge in [-0.15, -0.1) is 0 Å². The van der Waals surface area contributed by atoms with Gasteiger partial charge in [-0.25, -0.2) is 0 Å². The molecule has 0 unspecified atom stereocenters. The van der Waals surface area contributed by atoms with Crippen LogP contribution >= 0.6 is 0 Å².